The Balaban J connectivity index is 0.000000696. The highest BCUT2D eigenvalue weighted by Gasteiger charge is 2.21. The van der Waals surface area contributed by atoms with Crippen LogP contribution in [0.4, 0.5) is 0 Å². The predicted molar refractivity (Wildman–Crippen MR) is 124 cm³/mol. The first-order chi connectivity index (χ1) is 15.4. The first-order valence-corrected chi connectivity index (χ1v) is 14.5. The van der Waals surface area contributed by atoms with E-state index in [-0.39, 0.29) is 5.78 Å². The Kier molecular flexibility index (Phi) is 9.69. The number of halogens is 1. The van der Waals surface area contributed by atoms with Crippen LogP contribution in [0.15, 0.2) is 103 Å². The highest BCUT2D eigenvalue weighted by molar-refractivity contribution is 7.76. The molecule has 0 saturated carbocycles. The largest absolute Gasteiger partial charge is 0.289 e. The van der Waals surface area contributed by atoms with Crippen LogP contribution < -0.4 is 18.6 Å². The lowest BCUT2D eigenvalue weighted by Crippen LogP contribution is -2.68. The van der Waals surface area contributed by atoms with Gasteiger partial charge in [0.25, 0.3) is 0 Å². The van der Waals surface area contributed by atoms with Crippen molar-refractivity contribution in [2.24, 2.45) is 0 Å². The molecule has 0 unspecified atom stereocenters. The topological polar surface area (TPSA) is 109 Å². The van der Waals surface area contributed by atoms with Crippen LogP contribution in [-0.2, 0) is 0 Å². The average molecular weight is 485 g/mol. The number of benzene rings is 3. The molecule has 0 amide bonds. The Labute approximate surface area is 197 Å². The maximum absolute atomic E-state index is 13.0. The molecule has 0 aliphatic rings. The molecular weight excluding hydrogens is 459 g/mol. The summed E-state index contributed by atoms with van der Waals surface area (Å²) in [6.07, 6.45) is 1.79. The number of carbonyl (C=O) groups is 1. The lowest BCUT2D eigenvalue weighted by molar-refractivity contribution is -2.00. The maximum Gasteiger partial charge on any atom is 0.186 e. The highest BCUT2D eigenvalue weighted by atomic mass is 35.7. The minimum atomic E-state index is -4.94. The zero-order chi connectivity index (χ0) is 24.5. The lowest BCUT2D eigenvalue weighted by atomic mass is 9.92. The molecular formula is C26H26ClO5P. The molecule has 0 N–H and O–H groups in total. The zero-order valence-corrected chi connectivity index (χ0v) is 20.3. The molecule has 3 aromatic carbocycles. The van der Waals surface area contributed by atoms with E-state index in [4.69, 9.17) is 18.6 Å². The molecule has 0 bridgehead atoms. The Hall–Kier alpha value is -2.63. The molecule has 0 aromatic heterocycles. The quantitative estimate of drug-likeness (QED) is 0.230. The maximum atomic E-state index is 13.0. The fourth-order valence-electron chi connectivity index (χ4n) is 3.06. The van der Waals surface area contributed by atoms with Crippen molar-refractivity contribution in [1.82, 2.24) is 0 Å². The number of allylic oxidation sites excluding steroid dienone is 3. The second-order valence-corrected chi connectivity index (χ2v) is 13.3. The van der Waals surface area contributed by atoms with Crippen LogP contribution >= 0.6 is 7.26 Å². The van der Waals surface area contributed by atoms with Gasteiger partial charge in [0.2, 0.25) is 0 Å². The summed E-state index contributed by atoms with van der Waals surface area (Å²) >= 11 is 0. The van der Waals surface area contributed by atoms with Gasteiger partial charge in [-0.15, -0.1) is 10.2 Å². The van der Waals surface area contributed by atoms with E-state index in [1.165, 1.54) is 0 Å². The van der Waals surface area contributed by atoms with Gasteiger partial charge in [0, 0.05) is 18.4 Å². The molecule has 5 nitrogen and oxygen atoms in total. The van der Waals surface area contributed by atoms with Crippen molar-refractivity contribution in [3.05, 3.63) is 120 Å². The fraction of sp³-hybridized carbons (Fsp3) is 0.115. The van der Waals surface area contributed by atoms with E-state index in [9.17, 15) is 4.79 Å². The smallest absolute Gasteiger partial charge is 0.186 e. The van der Waals surface area contributed by atoms with Gasteiger partial charge < -0.3 is 0 Å². The normalized spacial score (nSPS) is 12.6. The van der Waals surface area contributed by atoms with E-state index in [0.717, 1.165) is 22.3 Å². The highest BCUT2D eigenvalue weighted by Crippen LogP contribution is 2.52. The predicted octanol–water partition coefficient (Wildman–Crippen LogP) is 2.15. The summed E-state index contributed by atoms with van der Waals surface area (Å²) in [5, 5.41) is 0. The van der Waals surface area contributed by atoms with E-state index in [0.29, 0.717) is 5.56 Å². The van der Waals surface area contributed by atoms with E-state index in [1.807, 2.05) is 66.7 Å². The van der Waals surface area contributed by atoms with Crippen LogP contribution in [0.5, 0.6) is 0 Å². The molecule has 0 fully saturated rings. The van der Waals surface area contributed by atoms with Gasteiger partial charge in [-0.3, -0.25) is 4.79 Å². The van der Waals surface area contributed by atoms with Crippen LogP contribution in [-0.4, -0.2) is 25.8 Å². The van der Waals surface area contributed by atoms with Gasteiger partial charge in [-0.25, -0.2) is 18.6 Å². The minimum absolute atomic E-state index is 0.0218. The Morgan fingerprint density at radius 2 is 0.970 bits per heavy atom. The molecule has 3 aromatic rings. The van der Waals surface area contributed by atoms with Crippen molar-refractivity contribution in [2.45, 2.75) is 0 Å². The van der Waals surface area contributed by atoms with E-state index >= 15 is 0 Å². The van der Waals surface area contributed by atoms with Gasteiger partial charge in [0.05, 0.1) is 25.8 Å². The number of rotatable bonds is 6. The third-order valence-corrected chi connectivity index (χ3v) is 5.34. The molecule has 0 atom stereocenters. The molecule has 0 heterocycles. The van der Waals surface area contributed by atoms with Gasteiger partial charge in [-0.1, -0.05) is 91.0 Å². The van der Waals surface area contributed by atoms with Crippen LogP contribution in [0.25, 0.3) is 11.1 Å². The second-order valence-electron chi connectivity index (χ2n) is 8.06. The first-order valence-electron chi connectivity index (χ1n) is 10.0. The number of ketones is 1. The van der Waals surface area contributed by atoms with E-state index < -0.39 is 17.5 Å². The third-order valence-electron chi connectivity index (χ3n) is 4.31. The van der Waals surface area contributed by atoms with Crippen LogP contribution in [0, 0.1) is 10.2 Å². The van der Waals surface area contributed by atoms with Crippen molar-refractivity contribution in [2.75, 3.05) is 20.0 Å². The van der Waals surface area contributed by atoms with Gasteiger partial charge in [-0.2, -0.15) is 0 Å². The monoisotopic (exact) mass is 484 g/mol. The first kappa shape index (κ1) is 26.6. The van der Waals surface area contributed by atoms with Crippen LogP contribution in [0.2, 0.25) is 0 Å². The molecule has 0 aliphatic heterocycles. The molecule has 0 aliphatic carbocycles. The molecule has 7 heteroatoms. The number of hydrogen-bond donors (Lipinski definition) is 0. The molecule has 3 rings (SSSR count). The summed E-state index contributed by atoms with van der Waals surface area (Å²) in [5.74, 6) is 2.38. The van der Waals surface area contributed by atoms with E-state index in [1.54, 1.807) is 6.08 Å². The van der Waals surface area contributed by atoms with Crippen molar-refractivity contribution < 1.29 is 33.7 Å². The third kappa shape index (κ3) is 10.2. The van der Waals surface area contributed by atoms with E-state index in [2.05, 4.69) is 50.1 Å². The van der Waals surface area contributed by atoms with Gasteiger partial charge in [-0.05, 0) is 22.8 Å². The minimum Gasteiger partial charge on any atom is -0.289 e. The van der Waals surface area contributed by atoms with Crippen LogP contribution in [0.3, 0.4) is 0 Å². The summed E-state index contributed by atoms with van der Waals surface area (Å²) in [5.41, 5.74) is 4.98. The lowest BCUT2D eigenvalue weighted by Gasteiger charge is -2.17. The average Bonchev–Trinajstić information content (AvgIpc) is 2.76. The number of carbonyl (C=O) groups excluding carboxylic acids is 1. The zero-order valence-electron chi connectivity index (χ0n) is 18.7. The number of hydrogen-bond acceptors (Lipinski definition) is 5. The van der Waals surface area contributed by atoms with Gasteiger partial charge in [0.15, 0.2) is 5.78 Å². The van der Waals surface area contributed by atoms with Crippen molar-refractivity contribution >= 4 is 24.2 Å². The summed E-state index contributed by atoms with van der Waals surface area (Å²) < 4.78 is 34.0. The molecule has 0 radical (unpaired) electrons. The Bertz CT molecular complexity index is 1080. The standard InChI is InChI=1S/C26H26OP.ClHO4/c1-28(2,3)20-25(22-15-9-5-10-16-22)24(21-13-7-4-8-14-21)19-26(27)23-17-11-6-12-18-23;2-1(3,4)5/h4-20H,1-3H3;(H,2,3,4,5)/q+1;/p-1/b24-19-,25-20-;. The SMILES string of the molecule is C[P+](C)(C)/C=C(\C(=C/C(=O)c1ccccc1)c1ccccc1)c1ccccc1.[O-][Cl+3]([O-])([O-])[O-]. The van der Waals surface area contributed by atoms with Crippen molar-refractivity contribution in [3.63, 3.8) is 0 Å². The molecule has 33 heavy (non-hydrogen) atoms. The molecule has 0 spiro atoms. The second kappa shape index (κ2) is 12.0. The van der Waals surface area contributed by atoms with Gasteiger partial charge >= 0.3 is 0 Å². The van der Waals surface area contributed by atoms with Gasteiger partial charge in [0.1, 0.15) is 0 Å². The Morgan fingerprint density at radius 3 is 1.33 bits per heavy atom. The van der Waals surface area contributed by atoms with Crippen LogP contribution in [0.1, 0.15) is 21.5 Å². The Morgan fingerprint density at radius 1 is 0.636 bits per heavy atom. The molecule has 172 valence electrons. The summed E-state index contributed by atoms with van der Waals surface area (Å²) in [6, 6.07) is 30.0. The van der Waals surface area contributed by atoms with Crippen molar-refractivity contribution in [1.29, 1.82) is 0 Å². The summed E-state index contributed by atoms with van der Waals surface area (Å²) in [7, 11) is -6.19. The summed E-state index contributed by atoms with van der Waals surface area (Å²) in [4.78, 5) is 13.0. The molecule has 0 saturated heterocycles. The summed E-state index contributed by atoms with van der Waals surface area (Å²) in [6.45, 7) is 6.87. The van der Waals surface area contributed by atoms with Crippen molar-refractivity contribution in [3.8, 4) is 0 Å². The fourth-order valence-corrected chi connectivity index (χ4v) is 4.12.